The summed E-state index contributed by atoms with van der Waals surface area (Å²) in [4.78, 5) is 0. The Bertz CT molecular complexity index is 296. The van der Waals surface area contributed by atoms with Crippen molar-refractivity contribution in [2.45, 2.75) is 39.4 Å². The Labute approximate surface area is 83.6 Å². The molecule has 0 bridgehead atoms. The minimum absolute atomic E-state index is 0.134. The fourth-order valence-corrected chi connectivity index (χ4v) is 1.25. The molecule has 0 aliphatic rings. The number of rotatable bonds is 4. The van der Waals surface area contributed by atoms with Gasteiger partial charge in [0.05, 0.1) is 18.8 Å². The van der Waals surface area contributed by atoms with Gasteiger partial charge in [0.2, 0.25) is 0 Å². The third-order valence-electron chi connectivity index (χ3n) is 2.16. The van der Waals surface area contributed by atoms with E-state index >= 15 is 0 Å². The highest BCUT2D eigenvalue weighted by Crippen LogP contribution is 2.14. The lowest BCUT2D eigenvalue weighted by molar-refractivity contribution is 0.157. The summed E-state index contributed by atoms with van der Waals surface area (Å²) >= 11 is 0. The zero-order chi connectivity index (χ0) is 10.7. The van der Waals surface area contributed by atoms with E-state index in [-0.39, 0.29) is 6.54 Å². The van der Waals surface area contributed by atoms with Crippen LogP contribution in [0.3, 0.4) is 0 Å². The average Bonchev–Trinajstić information content (AvgIpc) is 2.48. The molecule has 3 nitrogen and oxygen atoms in total. The number of alkyl halides is 1. The molecule has 0 aliphatic carbocycles. The molecular weight excluding hydrogens is 183 g/mol. The Morgan fingerprint density at radius 1 is 1.57 bits per heavy atom. The predicted molar refractivity (Wildman–Crippen MR) is 53.0 cm³/mol. The maximum Gasteiger partial charge on any atom is 0.143 e. The highest BCUT2D eigenvalue weighted by atomic mass is 19.1. The summed E-state index contributed by atoms with van der Waals surface area (Å²) in [5.41, 5.74) is 1.90. The van der Waals surface area contributed by atoms with Crippen molar-refractivity contribution < 1.29 is 9.50 Å². The monoisotopic (exact) mass is 200 g/mol. The van der Waals surface area contributed by atoms with Gasteiger partial charge in [0, 0.05) is 5.69 Å². The fraction of sp³-hybridized carbons (Fsp3) is 0.700. The average molecular weight is 200 g/mol. The molecule has 0 aromatic carbocycles. The zero-order valence-electron chi connectivity index (χ0n) is 8.87. The molecule has 0 saturated heterocycles. The van der Waals surface area contributed by atoms with Crippen LogP contribution in [-0.2, 0) is 6.54 Å². The lowest BCUT2D eigenvalue weighted by Crippen LogP contribution is -2.17. The number of aliphatic hydroxyl groups excluding tert-OH is 1. The highest BCUT2D eigenvalue weighted by Gasteiger charge is 2.11. The summed E-state index contributed by atoms with van der Waals surface area (Å²) < 4.78 is 14.5. The van der Waals surface area contributed by atoms with Gasteiger partial charge in [-0.3, -0.25) is 4.68 Å². The molecule has 80 valence electrons. The second-order valence-electron chi connectivity index (χ2n) is 3.83. The molecule has 0 aliphatic heterocycles. The maximum atomic E-state index is 12.9. The van der Waals surface area contributed by atoms with Crippen molar-refractivity contribution in [2.24, 2.45) is 0 Å². The molecule has 1 N–H and O–H groups in total. The van der Waals surface area contributed by atoms with Crippen LogP contribution in [0.25, 0.3) is 0 Å². The minimum Gasteiger partial charge on any atom is -0.393 e. The van der Waals surface area contributed by atoms with Crippen LogP contribution in [0.5, 0.6) is 0 Å². The molecule has 1 aromatic rings. The van der Waals surface area contributed by atoms with Crippen LogP contribution in [0.4, 0.5) is 4.39 Å². The molecule has 14 heavy (non-hydrogen) atoms. The molecule has 1 unspecified atom stereocenters. The van der Waals surface area contributed by atoms with Gasteiger partial charge in [0.15, 0.2) is 0 Å². The van der Waals surface area contributed by atoms with Gasteiger partial charge in [-0.1, -0.05) is 13.8 Å². The highest BCUT2D eigenvalue weighted by molar-refractivity contribution is 5.11. The molecule has 0 fully saturated rings. The molecular formula is C10H17FN2O. The fourth-order valence-electron chi connectivity index (χ4n) is 1.25. The number of hydrogen-bond acceptors (Lipinski definition) is 2. The van der Waals surface area contributed by atoms with Crippen molar-refractivity contribution in [1.82, 2.24) is 9.78 Å². The Morgan fingerprint density at radius 2 is 2.21 bits per heavy atom. The summed E-state index contributed by atoms with van der Waals surface area (Å²) in [6, 6.07) is 1.95. The van der Waals surface area contributed by atoms with E-state index in [1.807, 2.05) is 26.8 Å². The SMILES string of the molecule is Cc1cc(C(C)C)nn1CC(F)CO. The number of nitrogens with zero attached hydrogens (tertiary/aromatic N) is 2. The largest absolute Gasteiger partial charge is 0.393 e. The van der Waals surface area contributed by atoms with E-state index in [1.165, 1.54) is 0 Å². The van der Waals surface area contributed by atoms with E-state index < -0.39 is 12.8 Å². The van der Waals surface area contributed by atoms with Crippen LogP contribution in [-0.4, -0.2) is 27.7 Å². The predicted octanol–water partition coefficient (Wildman–Crippen LogP) is 1.65. The van der Waals surface area contributed by atoms with E-state index in [0.717, 1.165) is 11.4 Å². The van der Waals surface area contributed by atoms with E-state index in [2.05, 4.69) is 5.10 Å². The summed E-state index contributed by atoms with van der Waals surface area (Å²) in [6.45, 7) is 5.67. The smallest absolute Gasteiger partial charge is 0.143 e. The van der Waals surface area contributed by atoms with E-state index in [9.17, 15) is 4.39 Å². The Kier molecular flexibility index (Phi) is 3.63. The second kappa shape index (κ2) is 4.55. The van der Waals surface area contributed by atoms with Crippen molar-refractivity contribution in [1.29, 1.82) is 0 Å². The van der Waals surface area contributed by atoms with E-state index in [4.69, 9.17) is 5.11 Å². The van der Waals surface area contributed by atoms with Gasteiger partial charge >= 0.3 is 0 Å². The number of aromatic nitrogens is 2. The Hall–Kier alpha value is -0.900. The van der Waals surface area contributed by atoms with Crippen molar-refractivity contribution in [3.8, 4) is 0 Å². The van der Waals surface area contributed by atoms with Crippen LogP contribution < -0.4 is 0 Å². The summed E-state index contributed by atoms with van der Waals surface area (Å²) in [7, 11) is 0. The molecule has 1 aromatic heterocycles. The van der Waals surface area contributed by atoms with Gasteiger partial charge < -0.3 is 5.11 Å². The summed E-state index contributed by atoms with van der Waals surface area (Å²) in [5.74, 6) is 0.349. The van der Waals surface area contributed by atoms with Crippen molar-refractivity contribution in [2.75, 3.05) is 6.61 Å². The van der Waals surface area contributed by atoms with E-state index in [1.54, 1.807) is 4.68 Å². The van der Waals surface area contributed by atoms with Crippen LogP contribution in [0, 0.1) is 6.92 Å². The third-order valence-corrected chi connectivity index (χ3v) is 2.16. The van der Waals surface area contributed by atoms with Crippen LogP contribution in [0.1, 0.15) is 31.2 Å². The third kappa shape index (κ3) is 2.54. The first kappa shape index (κ1) is 11.2. The minimum atomic E-state index is -1.23. The summed E-state index contributed by atoms with van der Waals surface area (Å²) in [6.07, 6.45) is -1.23. The van der Waals surface area contributed by atoms with Crippen molar-refractivity contribution >= 4 is 0 Å². The first-order valence-corrected chi connectivity index (χ1v) is 4.84. The maximum absolute atomic E-state index is 12.9. The van der Waals surface area contributed by atoms with Gasteiger partial charge in [-0.15, -0.1) is 0 Å². The van der Waals surface area contributed by atoms with E-state index in [0.29, 0.717) is 5.92 Å². The van der Waals surface area contributed by atoms with Crippen molar-refractivity contribution in [3.05, 3.63) is 17.5 Å². The molecule has 0 amide bonds. The normalized spacial score (nSPS) is 13.6. The standard InChI is InChI=1S/C10H17FN2O/c1-7(2)10-4-8(3)13(12-10)5-9(11)6-14/h4,7,9,14H,5-6H2,1-3H3. The van der Waals surface area contributed by atoms with Crippen LogP contribution >= 0.6 is 0 Å². The van der Waals surface area contributed by atoms with Gasteiger partial charge in [-0.2, -0.15) is 5.10 Å². The first-order chi connectivity index (χ1) is 6.54. The quantitative estimate of drug-likeness (QED) is 0.802. The molecule has 1 heterocycles. The van der Waals surface area contributed by atoms with Gasteiger partial charge in [-0.05, 0) is 18.9 Å². The van der Waals surface area contributed by atoms with Crippen LogP contribution in [0.15, 0.2) is 6.07 Å². The molecule has 4 heteroatoms. The molecule has 0 saturated carbocycles. The lowest BCUT2D eigenvalue weighted by atomic mass is 10.1. The van der Waals surface area contributed by atoms with Crippen LogP contribution in [0.2, 0.25) is 0 Å². The van der Waals surface area contributed by atoms with Gasteiger partial charge in [0.1, 0.15) is 6.17 Å². The van der Waals surface area contributed by atoms with Gasteiger partial charge in [0.25, 0.3) is 0 Å². The van der Waals surface area contributed by atoms with Crippen molar-refractivity contribution in [3.63, 3.8) is 0 Å². The lowest BCUT2D eigenvalue weighted by Gasteiger charge is -2.06. The molecule has 1 rings (SSSR count). The Morgan fingerprint density at radius 3 is 2.64 bits per heavy atom. The topological polar surface area (TPSA) is 38.0 Å². The molecule has 0 radical (unpaired) electrons. The molecule has 0 spiro atoms. The number of halogens is 1. The zero-order valence-corrected chi connectivity index (χ0v) is 8.87. The molecule has 1 atom stereocenters. The Balaban J connectivity index is 2.77. The number of aliphatic hydroxyl groups is 1. The second-order valence-corrected chi connectivity index (χ2v) is 3.83. The first-order valence-electron chi connectivity index (χ1n) is 4.84. The number of hydrogen-bond donors (Lipinski definition) is 1. The summed E-state index contributed by atoms with van der Waals surface area (Å²) in [5, 5.41) is 12.8. The van der Waals surface area contributed by atoms with Gasteiger partial charge in [-0.25, -0.2) is 4.39 Å². The number of aryl methyl sites for hydroxylation is 1.